The van der Waals surface area contributed by atoms with E-state index in [1.165, 1.54) is 28.4 Å². The summed E-state index contributed by atoms with van der Waals surface area (Å²) < 4.78 is 7.23. The maximum Gasteiger partial charge on any atom is 0.235 e. The van der Waals surface area contributed by atoms with Crippen molar-refractivity contribution < 1.29 is 9.32 Å². The molecule has 5 nitrogen and oxygen atoms in total. The molecule has 0 saturated heterocycles. The van der Waals surface area contributed by atoms with E-state index in [2.05, 4.69) is 64.6 Å². The number of carbonyl (C=O) groups is 1. The van der Waals surface area contributed by atoms with Crippen molar-refractivity contribution in [2.45, 2.75) is 25.3 Å². The highest BCUT2D eigenvalue weighted by Crippen LogP contribution is 2.31. The maximum atomic E-state index is 12.3. The monoisotopic (exact) mass is 391 g/mol. The number of amides is 1. The normalized spacial score (nSPS) is 11.1. The number of thioether (sulfide) groups is 1. The predicted molar refractivity (Wildman–Crippen MR) is 113 cm³/mol. The Morgan fingerprint density at radius 2 is 1.93 bits per heavy atom. The van der Waals surface area contributed by atoms with Crippen LogP contribution in [0.5, 0.6) is 0 Å². The minimum Gasteiger partial charge on any atom is -0.360 e. The average molecular weight is 391 g/mol. The molecule has 4 aromatic rings. The fraction of sp³-hybridized carbons (Fsp3) is 0.182. The van der Waals surface area contributed by atoms with Crippen molar-refractivity contribution in [2.24, 2.45) is 0 Å². The first kappa shape index (κ1) is 18.4. The number of rotatable bonds is 6. The summed E-state index contributed by atoms with van der Waals surface area (Å²) in [5.74, 6) is 1.32. The number of carbonyl (C=O) groups excluding carboxylic acids is 1. The molecule has 2 heterocycles. The van der Waals surface area contributed by atoms with E-state index < -0.39 is 0 Å². The van der Waals surface area contributed by atoms with E-state index in [-0.39, 0.29) is 5.91 Å². The van der Waals surface area contributed by atoms with Gasteiger partial charge in [0, 0.05) is 34.6 Å². The summed E-state index contributed by atoms with van der Waals surface area (Å²) in [6, 6.07) is 18.4. The van der Waals surface area contributed by atoms with Gasteiger partial charge in [-0.3, -0.25) is 4.79 Å². The molecule has 28 heavy (non-hydrogen) atoms. The molecule has 1 amide bonds. The standard InChI is InChI=1S/C22H21N3O2S/c1-15-7-3-4-8-17(15)12-25-13-20(18-9-5-6-10-19(18)25)28-14-22(26)23-21-11-16(2)27-24-21/h3-11,13H,12,14H2,1-2H3,(H,23,24,26). The predicted octanol–water partition coefficient (Wildman–Crippen LogP) is 5.03. The lowest BCUT2D eigenvalue weighted by Gasteiger charge is -2.08. The highest BCUT2D eigenvalue weighted by molar-refractivity contribution is 8.00. The van der Waals surface area contributed by atoms with Crippen LogP contribution in [0.15, 0.2) is 70.2 Å². The van der Waals surface area contributed by atoms with Crippen molar-refractivity contribution in [3.63, 3.8) is 0 Å². The van der Waals surface area contributed by atoms with E-state index in [0.717, 1.165) is 16.8 Å². The summed E-state index contributed by atoms with van der Waals surface area (Å²) in [5, 5.41) is 7.72. The number of benzene rings is 2. The second-order valence-corrected chi connectivity index (χ2v) is 7.74. The third-order valence-electron chi connectivity index (χ3n) is 4.61. The lowest BCUT2D eigenvalue weighted by Crippen LogP contribution is -2.14. The molecule has 4 rings (SSSR count). The van der Waals surface area contributed by atoms with E-state index in [1.54, 1.807) is 13.0 Å². The van der Waals surface area contributed by atoms with Crippen LogP contribution in [-0.2, 0) is 11.3 Å². The fourth-order valence-corrected chi connectivity index (χ4v) is 4.07. The lowest BCUT2D eigenvalue weighted by molar-refractivity contribution is -0.113. The number of nitrogens with one attached hydrogen (secondary N) is 1. The van der Waals surface area contributed by atoms with Crippen molar-refractivity contribution >= 4 is 34.4 Å². The molecule has 2 aromatic carbocycles. The first-order valence-corrected chi connectivity index (χ1v) is 10.1. The molecule has 2 aromatic heterocycles. The van der Waals surface area contributed by atoms with Crippen LogP contribution in [0, 0.1) is 13.8 Å². The minimum absolute atomic E-state index is 0.103. The first-order valence-electron chi connectivity index (χ1n) is 9.08. The zero-order valence-corrected chi connectivity index (χ0v) is 16.6. The van der Waals surface area contributed by atoms with E-state index in [9.17, 15) is 4.79 Å². The van der Waals surface area contributed by atoms with Crippen LogP contribution in [-0.4, -0.2) is 21.4 Å². The molecule has 0 aliphatic carbocycles. The average Bonchev–Trinajstić information content (AvgIpc) is 3.25. The minimum atomic E-state index is -0.103. The van der Waals surface area contributed by atoms with Gasteiger partial charge in [0.05, 0.1) is 5.75 Å². The number of hydrogen-bond donors (Lipinski definition) is 1. The van der Waals surface area contributed by atoms with Crippen LogP contribution in [0.2, 0.25) is 0 Å². The Balaban J connectivity index is 1.52. The Hall–Kier alpha value is -2.99. The number of anilines is 1. The van der Waals surface area contributed by atoms with Gasteiger partial charge in [-0.05, 0) is 31.0 Å². The molecule has 0 unspecified atom stereocenters. The molecule has 0 radical (unpaired) electrons. The third kappa shape index (κ3) is 3.97. The summed E-state index contributed by atoms with van der Waals surface area (Å²) in [5.41, 5.74) is 3.73. The molecule has 0 spiro atoms. The Kier molecular flexibility index (Phi) is 5.21. The largest absolute Gasteiger partial charge is 0.360 e. The topological polar surface area (TPSA) is 60.1 Å². The van der Waals surface area contributed by atoms with Gasteiger partial charge in [0.25, 0.3) is 0 Å². The highest BCUT2D eigenvalue weighted by atomic mass is 32.2. The summed E-state index contributed by atoms with van der Waals surface area (Å²) in [7, 11) is 0. The number of aryl methyl sites for hydroxylation is 2. The summed E-state index contributed by atoms with van der Waals surface area (Å²) in [6.45, 7) is 4.73. The fourth-order valence-electron chi connectivity index (χ4n) is 3.18. The Bertz CT molecular complexity index is 1130. The molecular weight excluding hydrogens is 370 g/mol. The van der Waals surface area contributed by atoms with Gasteiger partial charge < -0.3 is 14.4 Å². The number of para-hydroxylation sites is 1. The number of fused-ring (bicyclic) bond motifs is 1. The Labute approximate surface area is 167 Å². The molecule has 0 saturated carbocycles. The lowest BCUT2D eigenvalue weighted by atomic mass is 10.1. The van der Waals surface area contributed by atoms with Crippen LogP contribution >= 0.6 is 11.8 Å². The molecule has 0 bridgehead atoms. The molecule has 0 aliphatic heterocycles. The van der Waals surface area contributed by atoms with Crippen LogP contribution in [0.4, 0.5) is 5.82 Å². The third-order valence-corrected chi connectivity index (χ3v) is 5.65. The molecule has 0 fully saturated rings. The molecular formula is C22H21N3O2S. The van der Waals surface area contributed by atoms with E-state index >= 15 is 0 Å². The SMILES string of the molecule is Cc1cc(NC(=O)CSc2cn(Cc3ccccc3C)c3ccccc23)no1. The van der Waals surface area contributed by atoms with Crippen LogP contribution in [0.25, 0.3) is 10.9 Å². The smallest absolute Gasteiger partial charge is 0.235 e. The first-order chi connectivity index (χ1) is 13.6. The van der Waals surface area contributed by atoms with Gasteiger partial charge in [-0.15, -0.1) is 11.8 Å². The van der Waals surface area contributed by atoms with Crippen molar-refractivity contribution in [2.75, 3.05) is 11.1 Å². The van der Waals surface area contributed by atoms with E-state index in [0.29, 0.717) is 17.3 Å². The zero-order chi connectivity index (χ0) is 19.5. The van der Waals surface area contributed by atoms with Gasteiger partial charge in [-0.1, -0.05) is 47.6 Å². The van der Waals surface area contributed by atoms with Crippen LogP contribution in [0.3, 0.4) is 0 Å². The maximum absolute atomic E-state index is 12.3. The van der Waals surface area contributed by atoms with E-state index in [4.69, 9.17) is 4.52 Å². The molecule has 0 aliphatic rings. The quantitative estimate of drug-likeness (QED) is 0.469. The molecule has 142 valence electrons. The van der Waals surface area contributed by atoms with Crippen molar-refractivity contribution in [1.29, 1.82) is 0 Å². The Morgan fingerprint density at radius 1 is 1.14 bits per heavy atom. The second kappa shape index (κ2) is 7.94. The summed E-state index contributed by atoms with van der Waals surface area (Å²) in [4.78, 5) is 13.3. The number of aromatic nitrogens is 2. The van der Waals surface area contributed by atoms with Gasteiger partial charge in [0.2, 0.25) is 5.91 Å². The van der Waals surface area contributed by atoms with Crippen LogP contribution in [0.1, 0.15) is 16.9 Å². The number of hydrogen-bond acceptors (Lipinski definition) is 4. The van der Waals surface area contributed by atoms with Gasteiger partial charge >= 0.3 is 0 Å². The van der Waals surface area contributed by atoms with Crippen molar-refractivity contribution in [3.8, 4) is 0 Å². The highest BCUT2D eigenvalue weighted by Gasteiger charge is 2.12. The molecule has 6 heteroatoms. The van der Waals surface area contributed by atoms with Crippen molar-refractivity contribution in [3.05, 3.63) is 77.7 Å². The second-order valence-electron chi connectivity index (χ2n) is 6.72. The van der Waals surface area contributed by atoms with Crippen molar-refractivity contribution in [1.82, 2.24) is 9.72 Å². The summed E-state index contributed by atoms with van der Waals surface area (Å²) >= 11 is 1.53. The van der Waals surface area contributed by atoms with E-state index in [1.807, 2.05) is 12.1 Å². The van der Waals surface area contributed by atoms with Crippen LogP contribution < -0.4 is 5.32 Å². The number of nitrogens with zero attached hydrogens (tertiary/aromatic N) is 2. The molecule has 1 N–H and O–H groups in total. The van der Waals surface area contributed by atoms with Gasteiger partial charge in [-0.2, -0.15) is 0 Å². The summed E-state index contributed by atoms with van der Waals surface area (Å²) in [6.07, 6.45) is 2.13. The van der Waals surface area contributed by atoms with Gasteiger partial charge in [0.15, 0.2) is 5.82 Å². The zero-order valence-electron chi connectivity index (χ0n) is 15.8. The van der Waals surface area contributed by atoms with Gasteiger partial charge in [0.1, 0.15) is 5.76 Å². The van der Waals surface area contributed by atoms with Gasteiger partial charge in [-0.25, -0.2) is 0 Å². The molecule has 0 atom stereocenters. The Morgan fingerprint density at radius 3 is 2.71 bits per heavy atom.